The molecule has 0 saturated carbocycles. The Morgan fingerprint density at radius 3 is 3.33 bits per heavy atom. The Balaban J connectivity index is 2.32. The third-order valence-electron chi connectivity index (χ3n) is 2.08. The van der Waals surface area contributed by atoms with E-state index in [-0.39, 0.29) is 6.61 Å². The smallest absolute Gasteiger partial charge is 0.113 e. The molecule has 0 saturated heterocycles. The van der Waals surface area contributed by atoms with Crippen LogP contribution in [-0.2, 0) is 19.7 Å². The van der Waals surface area contributed by atoms with E-state index in [1.165, 1.54) is 0 Å². The Kier molecular flexibility index (Phi) is 2.05. The Bertz CT molecular complexity index is 270. The fourth-order valence-corrected chi connectivity index (χ4v) is 1.43. The van der Waals surface area contributed by atoms with Gasteiger partial charge in [0.15, 0.2) is 0 Å². The van der Waals surface area contributed by atoms with Crippen molar-refractivity contribution in [2.24, 2.45) is 0 Å². The molecule has 1 aromatic rings. The summed E-state index contributed by atoms with van der Waals surface area (Å²) in [5, 5.41) is 20.0. The molecule has 66 valence electrons. The maximum Gasteiger partial charge on any atom is 0.113 e. The van der Waals surface area contributed by atoms with Crippen LogP contribution in [0.5, 0.6) is 0 Å². The maximum atomic E-state index is 8.93. The first-order valence-electron chi connectivity index (χ1n) is 4.14. The average molecular weight is 168 g/mol. The zero-order valence-corrected chi connectivity index (χ0v) is 6.82. The van der Waals surface area contributed by atoms with Crippen molar-refractivity contribution in [1.29, 1.82) is 0 Å². The molecular formula is C7H12N4O. The highest BCUT2D eigenvalue weighted by atomic mass is 16.3. The molecule has 1 aromatic heterocycles. The number of aromatic nitrogens is 3. The first-order valence-corrected chi connectivity index (χ1v) is 4.14. The van der Waals surface area contributed by atoms with Crippen LogP contribution in [0.2, 0.25) is 0 Å². The van der Waals surface area contributed by atoms with Crippen molar-refractivity contribution >= 4 is 0 Å². The van der Waals surface area contributed by atoms with Gasteiger partial charge in [-0.1, -0.05) is 5.21 Å². The Hall–Kier alpha value is -0.940. The van der Waals surface area contributed by atoms with Gasteiger partial charge in [0.05, 0.1) is 12.3 Å². The third-order valence-corrected chi connectivity index (χ3v) is 2.08. The third kappa shape index (κ3) is 1.21. The Labute approximate surface area is 70.4 Å². The topological polar surface area (TPSA) is 63.0 Å². The molecule has 0 aliphatic carbocycles. The van der Waals surface area contributed by atoms with Gasteiger partial charge in [0, 0.05) is 13.1 Å². The highest BCUT2D eigenvalue weighted by Crippen LogP contribution is 2.08. The second kappa shape index (κ2) is 3.20. The molecule has 2 rings (SSSR count). The lowest BCUT2D eigenvalue weighted by molar-refractivity contribution is 0.275. The molecule has 0 atom stereocenters. The number of fused-ring (bicyclic) bond motifs is 1. The second-order valence-electron chi connectivity index (χ2n) is 2.89. The lowest BCUT2D eigenvalue weighted by Crippen LogP contribution is -2.13. The zero-order chi connectivity index (χ0) is 8.39. The van der Waals surface area contributed by atoms with Gasteiger partial charge in [-0.25, -0.2) is 4.68 Å². The summed E-state index contributed by atoms with van der Waals surface area (Å²) >= 11 is 0. The Morgan fingerprint density at radius 1 is 1.58 bits per heavy atom. The summed E-state index contributed by atoms with van der Waals surface area (Å²) in [6.07, 6.45) is 1.07. The van der Waals surface area contributed by atoms with E-state index >= 15 is 0 Å². The van der Waals surface area contributed by atoms with Gasteiger partial charge < -0.3 is 10.4 Å². The molecule has 1 aliphatic heterocycles. The molecule has 2 N–H and O–H groups in total. The summed E-state index contributed by atoms with van der Waals surface area (Å²) in [5.41, 5.74) is 1.72. The summed E-state index contributed by atoms with van der Waals surface area (Å²) in [7, 11) is 0. The number of nitrogens with one attached hydrogen (secondary N) is 1. The molecule has 5 heteroatoms. The van der Waals surface area contributed by atoms with Crippen molar-refractivity contribution in [2.75, 3.05) is 6.54 Å². The fraction of sp³-hybridized carbons (Fsp3) is 0.714. The van der Waals surface area contributed by atoms with Gasteiger partial charge in [0.1, 0.15) is 5.69 Å². The number of hydrogen-bond acceptors (Lipinski definition) is 4. The number of aliphatic hydroxyl groups excluding tert-OH is 1. The normalized spacial score (nSPS) is 17.1. The van der Waals surface area contributed by atoms with Crippen LogP contribution in [-0.4, -0.2) is 26.6 Å². The van der Waals surface area contributed by atoms with Gasteiger partial charge in [-0.05, 0) is 13.0 Å². The van der Waals surface area contributed by atoms with E-state index in [1.807, 2.05) is 4.68 Å². The van der Waals surface area contributed by atoms with E-state index in [4.69, 9.17) is 5.11 Å². The summed E-state index contributed by atoms with van der Waals surface area (Å²) in [4.78, 5) is 0. The fourth-order valence-electron chi connectivity index (χ4n) is 1.43. The van der Waals surface area contributed by atoms with Crippen molar-refractivity contribution in [3.8, 4) is 0 Å². The molecule has 5 nitrogen and oxygen atoms in total. The van der Waals surface area contributed by atoms with Crippen LogP contribution in [0, 0.1) is 0 Å². The van der Waals surface area contributed by atoms with Crippen molar-refractivity contribution in [1.82, 2.24) is 20.3 Å². The van der Waals surface area contributed by atoms with E-state index in [2.05, 4.69) is 15.6 Å². The van der Waals surface area contributed by atoms with Gasteiger partial charge in [-0.3, -0.25) is 0 Å². The van der Waals surface area contributed by atoms with Crippen molar-refractivity contribution < 1.29 is 5.11 Å². The van der Waals surface area contributed by atoms with E-state index in [0.717, 1.165) is 31.7 Å². The zero-order valence-electron chi connectivity index (χ0n) is 6.82. The molecule has 2 heterocycles. The van der Waals surface area contributed by atoms with E-state index < -0.39 is 0 Å². The van der Waals surface area contributed by atoms with Gasteiger partial charge in [0.2, 0.25) is 0 Å². The molecule has 0 unspecified atom stereocenters. The van der Waals surface area contributed by atoms with Crippen molar-refractivity contribution in [3.05, 3.63) is 11.4 Å². The minimum absolute atomic E-state index is 0.0169. The molecule has 0 spiro atoms. The van der Waals surface area contributed by atoms with Crippen LogP contribution >= 0.6 is 0 Å². The number of hydrogen-bond donors (Lipinski definition) is 2. The van der Waals surface area contributed by atoms with E-state index in [0.29, 0.717) is 5.69 Å². The van der Waals surface area contributed by atoms with Crippen molar-refractivity contribution in [3.63, 3.8) is 0 Å². The Morgan fingerprint density at radius 2 is 2.50 bits per heavy atom. The van der Waals surface area contributed by atoms with Crippen LogP contribution in [0.3, 0.4) is 0 Å². The van der Waals surface area contributed by atoms with Gasteiger partial charge in [0.25, 0.3) is 0 Å². The monoisotopic (exact) mass is 168 g/mol. The molecule has 0 amide bonds. The van der Waals surface area contributed by atoms with Gasteiger partial charge in [-0.2, -0.15) is 0 Å². The number of nitrogens with zero attached hydrogens (tertiary/aromatic N) is 3. The predicted octanol–water partition coefficient (Wildman–Crippen LogP) is -0.736. The average Bonchev–Trinajstić information content (AvgIpc) is 2.33. The highest BCUT2D eigenvalue weighted by molar-refractivity contribution is 5.09. The standard InChI is InChI=1S/C7H12N4O/c12-5-6-7-4-8-2-1-3-11(7)10-9-6/h8,12H,1-5H2. The molecular weight excluding hydrogens is 156 g/mol. The number of rotatable bonds is 1. The largest absolute Gasteiger partial charge is 0.390 e. The van der Waals surface area contributed by atoms with Crippen molar-refractivity contribution in [2.45, 2.75) is 26.1 Å². The summed E-state index contributed by atoms with van der Waals surface area (Å²) in [6, 6.07) is 0. The van der Waals surface area contributed by atoms with E-state index in [1.54, 1.807) is 0 Å². The molecule has 12 heavy (non-hydrogen) atoms. The van der Waals surface area contributed by atoms with Crippen LogP contribution in [0.4, 0.5) is 0 Å². The highest BCUT2D eigenvalue weighted by Gasteiger charge is 2.13. The number of aliphatic hydroxyl groups is 1. The predicted molar refractivity (Wildman–Crippen MR) is 42.3 cm³/mol. The summed E-state index contributed by atoms with van der Waals surface area (Å²) < 4.78 is 1.87. The van der Waals surface area contributed by atoms with Crippen LogP contribution in [0.15, 0.2) is 0 Å². The van der Waals surface area contributed by atoms with Crippen LogP contribution in [0.25, 0.3) is 0 Å². The first-order chi connectivity index (χ1) is 5.92. The summed E-state index contributed by atoms with van der Waals surface area (Å²) in [5.74, 6) is 0. The van der Waals surface area contributed by atoms with Gasteiger partial charge in [-0.15, -0.1) is 5.10 Å². The minimum Gasteiger partial charge on any atom is -0.390 e. The molecule has 1 aliphatic rings. The summed E-state index contributed by atoms with van der Waals surface area (Å²) in [6.45, 7) is 2.66. The van der Waals surface area contributed by atoms with Gasteiger partial charge >= 0.3 is 0 Å². The van der Waals surface area contributed by atoms with Crippen LogP contribution < -0.4 is 5.32 Å². The van der Waals surface area contributed by atoms with E-state index in [9.17, 15) is 0 Å². The lowest BCUT2D eigenvalue weighted by Gasteiger charge is -1.99. The quantitative estimate of drug-likeness (QED) is 0.580. The molecule has 0 fully saturated rings. The second-order valence-corrected chi connectivity index (χ2v) is 2.89. The molecule has 0 radical (unpaired) electrons. The maximum absolute atomic E-state index is 8.93. The van der Waals surface area contributed by atoms with Crippen LogP contribution in [0.1, 0.15) is 17.8 Å². The molecule has 0 bridgehead atoms. The number of aryl methyl sites for hydroxylation is 1. The first kappa shape index (κ1) is 7.70. The molecule has 0 aromatic carbocycles. The minimum atomic E-state index is -0.0169. The lowest BCUT2D eigenvalue weighted by atomic mass is 10.3. The SMILES string of the molecule is OCc1nnn2c1CNCCC2.